The van der Waals surface area contributed by atoms with Crippen LogP contribution in [0.15, 0.2) is 22.9 Å². The van der Waals surface area contributed by atoms with Crippen molar-refractivity contribution < 1.29 is 14.6 Å². The zero-order valence-electron chi connectivity index (χ0n) is 6.55. The number of allylic oxidation sites excluding steroid dienone is 1. The molecule has 0 heterocycles. The smallest absolute Gasteiger partial charge is 0.287 e. The monoisotopic (exact) mass is 218 g/mol. The van der Waals surface area contributed by atoms with Crippen molar-refractivity contribution in [1.29, 1.82) is 0 Å². The number of nitro groups is 2. The highest BCUT2D eigenvalue weighted by Gasteiger charge is 2.40. The van der Waals surface area contributed by atoms with Crippen molar-refractivity contribution in [2.24, 2.45) is 0 Å². The fraction of sp³-hybridized carbons (Fsp3) is 0.167. The molecular formula is C6H3ClN2O5. The first-order chi connectivity index (χ1) is 6.45. The first-order valence-corrected chi connectivity index (χ1v) is 3.72. The molecule has 1 rings (SSSR count). The second-order valence-corrected chi connectivity index (χ2v) is 2.82. The maximum absolute atomic E-state index is 10.9. The summed E-state index contributed by atoms with van der Waals surface area (Å²) in [5.41, 5.74) is -0.618. The van der Waals surface area contributed by atoms with E-state index in [0.29, 0.717) is 0 Å². The molecule has 0 amide bonds. The number of hydrogen-bond acceptors (Lipinski definition) is 5. The van der Waals surface area contributed by atoms with E-state index >= 15 is 0 Å². The highest BCUT2D eigenvalue weighted by Crippen LogP contribution is 2.23. The molecule has 0 saturated heterocycles. The second kappa shape index (κ2) is 3.54. The zero-order valence-corrected chi connectivity index (χ0v) is 7.30. The summed E-state index contributed by atoms with van der Waals surface area (Å²) in [5, 5.41) is 20.0. The van der Waals surface area contributed by atoms with Gasteiger partial charge in [0.25, 0.3) is 5.70 Å². The predicted molar refractivity (Wildman–Crippen MR) is 44.8 cm³/mol. The van der Waals surface area contributed by atoms with Gasteiger partial charge in [0.05, 0.1) is 4.92 Å². The molecule has 0 aromatic heterocycles. The number of nitrogens with zero attached hydrogens (tertiary/aromatic N) is 2. The third-order valence-electron chi connectivity index (χ3n) is 1.57. The van der Waals surface area contributed by atoms with Crippen LogP contribution in [0.5, 0.6) is 0 Å². The molecule has 0 spiro atoms. The Kier molecular flexibility index (Phi) is 2.61. The van der Waals surface area contributed by atoms with Crippen LogP contribution in [0.4, 0.5) is 0 Å². The number of carbonyl (C=O) groups is 1. The van der Waals surface area contributed by atoms with Gasteiger partial charge >= 0.3 is 6.04 Å². The lowest BCUT2D eigenvalue weighted by Crippen LogP contribution is -2.32. The largest absolute Gasteiger partial charge is 0.316 e. The molecule has 0 bridgehead atoms. The molecule has 0 saturated carbocycles. The van der Waals surface area contributed by atoms with Gasteiger partial charge in [0.15, 0.2) is 5.03 Å². The fourth-order valence-corrected chi connectivity index (χ4v) is 1.26. The van der Waals surface area contributed by atoms with Crippen molar-refractivity contribution in [3.8, 4) is 0 Å². The molecule has 0 aliphatic heterocycles. The second-order valence-electron chi connectivity index (χ2n) is 2.41. The fourth-order valence-electron chi connectivity index (χ4n) is 0.941. The van der Waals surface area contributed by atoms with Crippen LogP contribution in [0, 0.1) is 20.2 Å². The van der Waals surface area contributed by atoms with Crippen LogP contribution in [0.3, 0.4) is 0 Å². The minimum absolute atomic E-state index is 0.618. The summed E-state index contributed by atoms with van der Waals surface area (Å²) in [6.07, 6.45) is 1.63. The molecule has 74 valence electrons. The number of ketones is 1. The lowest BCUT2D eigenvalue weighted by Gasteiger charge is -2.07. The van der Waals surface area contributed by atoms with Crippen LogP contribution < -0.4 is 0 Å². The Bertz CT molecular complexity index is 386. The first-order valence-electron chi connectivity index (χ1n) is 3.34. The number of hydrogen-bond donors (Lipinski definition) is 0. The molecule has 8 heteroatoms. The lowest BCUT2D eigenvalue weighted by atomic mass is 10.1. The number of carbonyl (C=O) groups excluding carboxylic acids is 1. The van der Waals surface area contributed by atoms with Crippen molar-refractivity contribution >= 4 is 17.4 Å². The molecule has 0 N–H and O–H groups in total. The average molecular weight is 219 g/mol. The van der Waals surface area contributed by atoms with E-state index in [9.17, 15) is 25.0 Å². The molecule has 14 heavy (non-hydrogen) atoms. The SMILES string of the molecule is O=C1C=CC([N+](=O)[O-])=C(Cl)C1[N+](=O)[O-]. The quantitative estimate of drug-likeness (QED) is 0.496. The van der Waals surface area contributed by atoms with Crippen LogP contribution in [0.2, 0.25) is 0 Å². The topological polar surface area (TPSA) is 103 Å². The van der Waals surface area contributed by atoms with Gasteiger partial charge in [0, 0.05) is 11.0 Å². The standard InChI is InChI=1S/C6H3ClN2O5/c7-5-3(8(11)12)1-2-4(10)6(5)9(13)14/h1-2,6H. The van der Waals surface area contributed by atoms with E-state index in [-0.39, 0.29) is 0 Å². The average Bonchev–Trinajstić information content (AvgIpc) is 2.02. The van der Waals surface area contributed by atoms with Gasteiger partial charge in [0.2, 0.25) is 5.78 Å². The summed E-state index contributed by atoms with van der Waals surface area (Å²) in [6, 6.07) is -1.85. The van der Waals surface area contributed by atoms with E-state index in [4.69, 9.17) is 11.6 Å². The highest BCUT2D eigenvalue weighted by molar-refractivity contribution is 6.33. The van der Waals surface area contributed by atoms with Crippen LogP contribution in [-0.4, -0.2) is 21.7 Å². The van der Waals surface area contributed by atoms with E-state index in [1.807, 2.05) is 0 Å². The van der Waals surface area contributed by atoms with Crippen LogP contribution in [0.1, 0.15) is 0 Å². The molecule has 0 aromatic carbocycles. The molecule has 1 unspecified atom stereocenters. The van der Waals surface area contributed by atoms with Gasteiger partial charge < -0.3 is 0 Å². The van der Waals surface area contributed by atoms with E-state index in [1.54, 1.807) is 0 Å². The minimum Gasteiger partial charge on any atom is -0.287 e. The van der Waals surface area contributed by atoms with E-state index in [2.05, 4.69) is 0 Å². The van der Waals surface area contributed by atoms with E-state index < -0.39 is 32.4 Å². The minimum atomic E-state index is -1.85. The Labute approximate surface area is 81.9 Å². The van der Waals surface area contributed by atoms with Crippen LogP contribution >= 0.6 is 11.6 Å². The van der Waals surface area contributed by atoms with Gasteiger partial charge in [-0.3, -0.25) is 25.0 Å². The summed E-state index contributed by atoms with van der Waals surface area (Å²) in [4.78, 5) is 29.8. The van der Waals surface area contributed by atoms with Crippen molar-refractivity contribution in [1.82, 2.24) is 0 Å². The number of halogens is 1. The lowest BCUT2D eigenvalue weighted by molar-refractivity contribution is -0.498. The Morgan fingerprint density at radius 1 is 1.29 bits per heavy atom. The zero-order chi connectivity index (χ0) is 10.9. The Morgan fingerprint density at radius 3 is 2.29 bits per heavy atom. The molecule has 0 fully saturated rings. The molecule has 0 aromatic rings. The summed E-state index contributed by atoms with van der Waals surface area (Å²) >= 11 is 5.36. The Balaban J connectivity index is 3.21. The van der Waals surface area contributed by atoms with Crippen molar-refractivity contribution in [3.63, 3.8) is 0 Å². The molecule has 1 atom stereocenters. The van der Waals surface area contributed by atoms with E-state index in [0.717, 1.165) is 12.2 Å². The maximum atomic E-state index is 10.9. The Hall–Kier alpha value is -1.76. The van der Waals surface area contributed by atoms with Crippen molar-refractivity contribution in [2.75, 3.05) is 0 Å². The van der Waals surface area contributed by atoms with Crippen molar-refractivity contribution in [3.05, 3.63) is 43.1 Å². The molecule has 1 aliphatic rings. The van der Waals surface area contributed by atoms with E-state index in [1.165, 1.54) is 0 Å². The van der Waals surface area contributed by atoms with Gasteiger partial charge in [-0.1, -0.05) is 11.6 Å². The number of rotatable bonds is 2. The summed E-state index contributed by atoms with van der Waals surface area (Å²) in [6.45, 7) is 0. The molecule has 7 nitrogen and oxygen atoms in total. The first kappa shape index (κ1) is 10.3. The van der Waals surface area contributed by atoms with Gasteiger partial charge in [-0.15, -0.1) is 0 Å². The molecule has 1 aliphatic carbocycles. The normalized spacial score (nSPS) is 21.2. The molecule has 0 radical (unpaired) electrons. The summed E-state index contributed by atoms with van der Waals surface area (Å²) in [7, 11) is 0. The van der Waals surface area contributed by atoms with Gasteiger partial charge in [0.1, 0.15) is 0 Å². The third-order valence-corrected chi connectivity index (χ3v) is 1.97. The third kappa shape index (κ3) is 1.62. The summed E-state index contributed by atoms with van der Waals surface area (Å²) in [5.74, 6) is -0.870. The Morgan fingerprint density at radius 2 is 1.86 bits per heavy atom. The highest BCUT2D eigenvalue weighted by atomic mass is 35.5. The maximum Gasteiger partial charge on any atom is 0.316 e. The van der Waals surface area contributed by atoms with Gasteiger partial charge in [-0.2, -0.15) is 0 Å². The van der Waals surface area contributed by atoms with Gasteiger partial charge in [-0.05, 0) is 6.08 Å². The predicted octanol–water partition coefficient (Wildman–Crippen LogP) is 0.498. The van der Waals surface area contributed by atoms with Gasteiger partial charge in [-0.25, -0.2) is 0 Å². The van der Waals surface area contributed by atoms with Crippen molar-refractivity contribution in [2.45, 2.75) is 6.04 Å². The molecular weight excluding hydrogens is 216 g/mol. The van der Waals surface area contributed by atoms with Crippen LogP contribution in [-0.2, 0) is 4.79 Å². The summed E-state index contributed by atoms with van der Waals surface area (Å²) < 4.78 is 0. The van der Waals surface area contributed by atoms with Crippen LogP contribution in [0.25, 0.3) is 0 Å².